The fraction of sp³-hybridized carbons (Fsp3) is 0.925. The van der Waals surface area contributed by atoms with Crippen molar-refractivity contribution in [2.75, 3.05) is 46.2 Å². The second kappa shape index (κ2) is 33.3. The highest BCUT2D eigenvalue weighted by atomic mass is 16.8. The van der Waals surface area contributed by atoms with E-state index in [1.165, 1.54) is 6.92 Å². The third kappa shape index (κ3) is 16.9. The van der Waals surface area contributed by atoms with E-state index in [1.54, 1.807) is 13.8 Å². The number of nitrogens with one attached hydrogen (secondary N) is 4. The van der Waals surface area contributed by atoms with Crippen molar-refractivity contribution < 1.29 is 173 Å². The molecule has 7 aliphatic heterocycles. The van der Waals surface area contributed by atoms with Gasteiger partial charge in [0, 0.05) is 27.7 Å². The molecule has 7 aliphatic rings. The molecular weight excluding hydrogens is 1250 g/mol. The lowest BCUT2D eigenvalue weighted by atomic mass is 9.87. The summed E-state index contributed by atoms with van der Waals surface area (Å²) in [7, 11) is 0. The van der Waals surface area contributed by atoms with E-state index in [9.17, 15) is 111 Å². The van der Waals surface area contributed by atoms with Crippen LogP contribution in [0, 0.1) is 5.92 Å². The number of hydrogen-bond acceptors (Lipinski definition) is 35. The lowest BCUT2D eigenvalue weighted by Gasteiger charge is -2.51. The molecule has 0 spiro atoms. The molecule has 39 nitrogen and oxygen atoms in total. The molecule has 7 rings (SSSR count). The van der Waals surface area contributed by atoms with Gasteiger partial charge in [-0.3, -0.25) is 19.2 Å². The Morgan fingerprint density at radius 3 is 1.03 bits per heavy atom. The van der Waals surface area contributed by atoms with E-state index in [0.717, 1.165) is 20.8 Å². The molecule has 0 radical (unpaired) electrons. The number of hydrogen-bond donors (Lipinski definition) is 22. The van der Waals surface area contributed by atoms with Gasteiger partial charge in [-0.25, -0.2) is 0 Å². The number of ether oxygens (including phenoxy) is 13. The van der Waals surface area contributed by atoms with Gasteiger partial charge >= 0.3 is 0 Å². The molecule has 7 heterocycles. The monoisotopic (exact) mass is 1340 g/mol. The normalized spacial score (nSPS) is 46.9. The van der Waals surface area contributed by atoms with Crippen LogP contribution < -0.4 is 21.3 Å². The molecule has 39 heteroatoms. The van der Waals surface area contributed by atoms with E-state index in [1.807, 2.05) is 0 Å². The van der Waals surface area contributed by atoms with E-state index in [-0.39, 0.29) is 5.92 Å². The van der Waals surface area contributed by atoms with E-state index in [4.69, 9.17) is 61.6 Å². The Balaban J connectivity index is 1.25. The van der Waals surface area contributed by atoms with E-state index in [0.29, 0.717) is 0 Å². The summed E-state index contributed by atoms with van der Waals surface area (Å²) < 4.78 is 77.9. The van der Waals surface area contributed by atoms with Crippen LogP contribution >= 0.6 is 0 Å². The number of amides is 4. The minimum absolute atomic E-state index is 0.358. The van der Waals surface area contributed by atoms with Gasteiger partial charge in [0.25, 0.3) is 0 Å². The summed E-state index contributed by atoms with van der Waals surface area (Å²) in [5.74, 6) is -3.41. The molecular formula is C53H90N4O35. The number of carbonyl (C=O) groups is 4. The second-order valence-electron chi connectivity index (χ2n) is 23.9. The first-order valence-corrected chi connectivity index (χ1v) is 29.8. The number of rotatable bonds is 24. The van der Waals surface area contributed by atoms with E-state index in [2.05, 4.69) is 21.3 Å². The van der Waals surface area contributed by atoms with Crippen molar-refractivity contribution in [1.82, 2.24) is 21.3 Å². The maximum absolute atomic E-state index is 12.9. The zero-order chi connectivity index (χ0) is 68.1. The summed E-state index contributed by atoms with van der Waals surface area (Å²) in [6.07, 6.45) is -59.7. The number of aliphatic hydroxyl groups is 18. The third-order valence-corrected chi connectivity index (χ3v) is 16.9. The Morgan fingerprint density at radius 2 is 0.620 bits per heavy atom. The van der Waals surface area contributed by atoms with Crippen molar-refractivity contribution in [2.45, 2.75) is 256 Å². The van der Waals surface area contributed by atoms with Crippen molar-refractivity contribution in [1.29, 1.82) is 0 Å². The first-order valence-electron chi connectivity index (χ1n) is 29.8. The molecule has 22 N–H and O–H groups in total. The highest BCUT2D eigenvalue weighted by Crippen LogP contribution is 2.38. The largest absolute Gasteiger partial charge is 0.394 e. The number of aliphatic hydroxyl groups excluding tert-OH is 18. The van der Waals surface area contributed by atoms with Crippen molar-refractivity contribution in [3.05, 3.63) is 0 Å². The summed E-state index contributed by atoms with van der Waals surface area (Å²) in [5.41, 5.74) is 0. The van der Waals surface area contributed by atoms with Crippen LogP contribution in [0.25, 0.3) is 0 Å². The van der Waals surface area contributed by atoms with Gasteiger partial charge < -0.3 is 175 Å². The van der Waals surface area contributed by atoms with Gasteiger partial charge in [0.15, 0.2) is 37.7 Å². The fourth-order valence-corrected chi connectivity index (χ4v) is 12.1. The first-order chi connectivity index (χ1) is 43.4. The second-order valence-corrected chi connectivity index (χ2v) is 23.9. The molecule has 0 bridgehead atoms. The summed E-state index contributed by atoms with van der Waals surface area (Å²) >= 11 is 0. The molecule has 0 aromatic heterocycles. The minimum Gasteiger partial charge on any atom is -0.394 e. The Bertz CT molecular complexity index is 2360. The van der Waals surface area contributed by atoms with Gasteiger partial charge in [0.05, 0.1) is 58.4 Å². The molecule has 532 valence electrons. The standard InChI is InChI=1S/C53H90N4O35/c1-14(2)42-26(54-15(3)64)37(75)43(23(11-62)81-42)88-50-29(57-18(6)67)38(76)44(24(12-63)86-50)89-51-41(79)45(90-53-47(40(78)33(71)22(10-61)85-53)92-49-28(56-17(5)66)36(74)31(69)20(8-59)83-49)34(72)25(87-51)13-80-52-46(39(77)32(70)21(9-60)84-52)91-48-27(55-16(4)65)35(73)30(68)19(7-58)82-48/h14,19-53,58-63,68-79H,7-13H2,1-6H3,(H,54,64)(H,55,65)(H,56,66)(H,57,67)/t19?,20?,21?,22?,23?,24?,25?,26-,27-,28-,29-,30+,31+,32+,33+,34+,35?,36?,37?,38?,39?,40?,41+,42-,43+,44+,45?,46+,47?,48-,49-,50-,51-,52-,53+/m0/s1. The lowest BCUT2D eigenvalue weighted by molar-refractivity contribution is -0.395. The molecule has 0 aromatic rings. The van der Waals surface area contributed by atoms with Crippen LogP contribution in [0.5, 0.6) is 0 Å². The highest BCUT2D eigenvalue weighted by Gasteiger charge is 2.59. The van der Waals surface area contributed by atoms with Crippen LogP contribution in [0.2, 0.25) is 0 Å². The molecule has 4 amide bonds. The molecule has 0 aliphatic carbocycles. The van der Waals surface area contributed by atoms with Gasteiger partial charge in [0.1, 0.15) is 165 Å². The summed E-state index contributed by atoms with van der Waals surface area (Å²) in [6.45, 7) is 0.739. The molecule has 92 heavy (non-hydrogen) atoms. The Kier molecular flexibility index (Phi) is 27.5. The maximum Gasteiger partial charge on any atom is 0.217 e. The molecule has 35 atom stereocenters. The Labute approximate surface area is 524 Å². The van der Waals surface area contributed by atoms with Gasteiger partial charge in [-0.2, -0.15) is 0 Å². The topological polar surface area (TPSA) is 601 Å². The average molecular weight is 1340 g/mol. The molecule has 0 saturated carbocycles. The van der Waals surface area contributed by atoms with Crippen LogP contribution in [0.4, 0.5) is 0 Å². The zero-order valence-electron chi connectivity index (χ0n) is 50.7. The van der Waals surface area contributed by atoms with Crippen molar-refractivity contribution in [3.8, 4) is 0 Å². The summed E-state index contributed by atoms with van der Waals surface area (Å²) in [5, 5.41) is 209. The zero-order valence-corrected chi connectivity index (χ0v) is 50.7. The Hall–Kier alpha value is -3.36. The van der Waals surface area contributed by atoms with E-state index < -0.39 is 284 Å². The van der Waals surface area contributed by atoms with Gasteiger partial charge in [0.2, 0.25) is 23.6 Å². The van der Waals surface area contributed by atoms with Gasteiger partial charge in [-0.15, -0.1) is 0 Å². The maximum atomic E-state index is 12.9. The average Bonchev–Trinajstić information content (AvgIpc) is 0.808. The van der Waals surface area contributed by atoms with Crippen molar-refractivity contribution in [2.24, 2.45) is 5.92 Å². The van der Waals surface area contributed by atoms with Crippen LogP contribution in [0.3, 0.4) is 0 Å². The van der Waals surface area contributed by atoms with Crippen LogP contribution in [0.1, 0.15) is 41.5 Å². The SMILES string of the molecule is CC(=O)N[C@H]1C(O)[C@H](O)C(CO)O[C@H]1OC1C(O)[C@H](O)C(CO)O[C@@H]1OC1[C@H](O)C(CO[C@H]2OC(CO)[C@@H](O)C(O)[C@H]2O[C@@H]2OC(CO)[C@@H](O)C(O)[C@@H]2NC(C)=O)O[C@@H](O[C@@H]2C(CO)O[C@@H](O[C@@H]3C(CO)O[C@@H](C(C)C)[C@@H](NC(C)=O)C3O)[C@@H](NC(C)=O)C2O)[C@@H]1O. The predicted molar refractivity (Wildman–Crippen MR) is 291 cm³/mol. The number of carbonyl (C=O) groups excluding carboxylic acids is 4. The minimum atomic E-state index is -2.43. The van der Waals surface area contributed by atoms with E-state index >= 15 is 0 Å². The molecule has 15 unspecified atom stereocenters. The predicted octanol–water partition coefficient (Wildman–Crippen LogP) is -14.0. The smallest absolute Gasteiger partial charge is 0.217 e. The quantitative estimate of drug-likeness (QED) is 0.0427. The first kappa shape index (κ1) is 76.0. The van der Waals surface area contributed by atoms with Gasteiger partial charge in [-0.05, 0) is 5.92 Å². The Morgan fingerprint density at radius 1 is 0.315 bits per heavy atom. The highest BCUT2D eigenvalue weighted by molar-refractivity contribution is 5.74. The third-order valence-electron chi connectivity index (χ3n) is 16.9. The summed E-state index contributed by atoms with van der Waals surface area (Å²) in [6, 6.07) is -6.33. The van der Waals surface area contributed by atoms with Crippen LogP contribution in [0.15, 0.2) is 0 Å². The van der Waals surface area contributed by atoms with Gasteiger partial charge in [-0.1, -0.05) is 13.8 Å². The fourth-order valence-electron chi connectivity index (χ4n) is 12.1. The molecule has 0 aromatic carbocycles. The van der Waals surface area contributed by atoms with Crippen LogP contribution in [-0.2, 0) is 80.8 Å². The molecule has 7 fully saturated rings. The summed E-state index contributed by atoms with van der Waals surface area (Å²) in [4.78, 5) is 50.0. The van der Waals surface area contributed by atoms with Crippen molar-refractivity contribution in [3.63, 3.8) is 0 Å². The molecule has 7 saturated heterocycles. The van der Waals surface area contributed by atoms with Crippen molar-refractivity contribution >= 4 is 23.6 Å². The lowest BCUT2D eigenvalue weighted by Crippen LogP contribution is -2.71. The van der Waals surface area contributed by atoms with Crippen LogP contribution in [-0.4, -0.2) is 376 Å².